The Morgan fingerprint density at radius 1 is 1.30 bits per heavy atom. The van der Waals surface area contributed by atoms with Crippen molar-refractivity contribution in [2.75, 3.05) is 0 Å². The first-order valence-corrected chi connectivity index (χ1v) is 3.42. The minimum Gasteiger partial charge on any atom is -0.257 e. The highest BCUT2D eigenvalue weighted by atomic mass is 14.6. The molecule has 0 aliphatic carbocycles. The molecule has 1 rings (SSSR count). The minimum atomic E-state index is 1.06. The maximum Gasteiger partial charge on any atom is 0.0656 e. The second-order valence-corrected chi connectivity index (χ2v) is 2.06. The first-order valence-electron chi connectivity index (χ1n) is 3.42. The molecule has 52 valence electrons. The van der Waals surface area contributed by atoms with E-state index in [-0.39, 0.29) is 0 Å². The fraction of sp³-hybridized carbons (Fsp3) is 0.222. The van der Waals surface area contributed by atoms with Crippen LogP contribution in [-0.4, -0.2) is 4.98 Å². The van der Waals surface area contributed by atoms with Crippen LogP contribution in [0.5, 0.6) is 0 Å². The van der Waals surface area contributed by atoms with Crippen LogP contribution in [0.4, 0.5) is 0 Å². The number of nitrogens with zero attached hydrogens (tertiary/aromatic N) is 1. The second kappa shape index (κ2) is 3.16. The van der Waals surface area contributed by atoms with Crippen LogP contribution in [0.3, 0.4) is 0 Å². The van der Waals surface area contributed by atoms with E-state index in [1.54, 1.807) is 0 Å². The molecule has 0 saturated carbocycles. The van der Waals surface area contributed by atoms with Crippen molar-refractivity contribution < 1.29 is 0 Å². The molecule has 1 aromatic rings. The molecular formula is C9H11N. The number of aromatic nitrogens is 1. The first-order chi connectivity index (χ1) is 4.88. The quantitative estimate of drug-likeness (QED) is 0.507. The molecule has 0 bridgehead atoms. The fourth-order valence-corrected chi connectivity index (χ4v) is 0.915. The van der Waals surface area contributed by atoms with E-state index >= 15 is 0 Å². The summed E-state index contributed by atoms with van der Waals surface area (Å²) in [6.07, 6.45) is 5.88. The van der Waals surface area contributed by atoms with E-state index < -0.39 is 0 Å². The predicted molar refractivity (Wildman–Crippen MR) is 43.8 cm³/mol. The van der Waals surface area contributed by atoms with Gasteiger partial charge in [0.2, 0.25) is 0 Å². The Hall–Kier alpha value is -1.11. The van der Waals surface area contributed by atoms with Gasteiger partial charge in [0.25, 0.3) is 0 Å². The van der Waals surface area contributed by atoms with Gasteiger partial charge in [-0.3, -0.25) is 4.98 Å². The highest BCUT2D eigenvalue weighted by molar-refractivity contribution is 5.24. The van der Waals surface area contributed by atoms with Gasteiger partial charge in [0, 0.05) is 6.20 Å². The van der Waals surface area contributed by atoms with Gasteiger partial charge in [-0.25, -0.2) is 0 Å². The van der Waals surface area contributed by atoms with Crippen molar-refractivity contribution in [1.82, 2.24) is 4.98 Å². The molecule has 1 aromatic heterocycles. The number of pyridine rings is 1. The molecule has 0 spiro atoms. The summed E-state index contributed by atoms with van der Waals surface area (Å²) in [5.74, 6) is 0. The summed E-state index contributed by atoms with van der Waals surface area (Å²) in [5.41, 5.74) is 0. The minimum absolute atomic E-state index is 1.06. The predicted octanol–water partition coefficient (Wildman–Crippen LogP) is 0.682. The van der Waals surface area contributed by atoms with Crippen LogP contribution in [0.15, 0.2) is 18.3 Å². The lowest BCUT2D eigenvalue weighted by molar-refractivity contribution is 1.21. The summed E-state index contributed by atoms with van der Waals surface area (Å²) in [5, 5.41) is 2.26. The third-order valence-electron chi connectivity index (χ3n) is 1.46. The molecule has 0 aromatic carbocycles. The van der Waals surface area contributed by atoms with Crippen molar-refractivity contribution in [3.63, 3.8) is 0 Å². The Morgan fingerprint density at radius 3 is 2.60 bits per heavy atom. The van der Waals surface area contributed by atoms with Gasteiger partial charge in [-0.05, 0) is 25.1 Å². The summed E-state index contributed by atoms with van der Waals surface area (Å²) >= 11 is 0. The molecule has 0 aliphatic heterocycles. The summed E-state index contributed by atoms with van der Waals surface area (Å²) in [7, 11) is 0. The lowest BCUT2D eigenvalue weighted by Crippen LogP contribution is -2.26. The highest BCUT2D eigenvalue weighted by Gasteiger charge is 1.78. The molecule has 1 heteroatoms. The fourth-order valence-electron chi connectivity index (χ4n) is 0.915. The zero-order valence-corrected chi connectivity index (χ0v) is 6.33. The molecule has 0 saturated heterocycles. The lowest BCUT2D eigenvalue weighted by Gasteiger charge is -1.84. The summed E-state index contributed by atoms with van der Waals surface area (Å²) in [6, 6.07) is 4.00. The number of hydrogen-bond acceptors (Lipinski definition) is 1. The average molecular weight is 133 g/mol. The van der Waals surface area contributed by atoms with E-state index in [1.165, 1.54) is 5.22 Å². The maximum atomic E-state index is 4.18. The van der Waals surface area contributed by atoms with Gasteiger partial charge in [0.1, 0.15) is 0 Å². The van der Waals surface area contributed by atoms with Gasteiger partial charge in [-0.2, -0.15) is 0 Å². The van der Waals surface area contributed by atoms with Crippen LogP contribution in [0.1, 0.15) is 13.8 Å². The first kappa shape index (κ1) is 7.00. The van der Waals surface area contributed by atoms with Gasteiger partial charge in [0.05, 0.1) is 5.35 Å². The molecular weight excluding hydrogens is 122 g/mol. The second-order valence-electron chi connectivity index (χ2n) is 2.06. The molecule has 0 amide bonds. The molecule has 0 aliphatic rings. The van der Waals surface area contributed by atoms with E-state index in [9.17, 15) is 0 Å². The zero-order chi connectivity index (χ0) is 7.40. The lowest BCUT2D eigenvalue weighted by atomic mass is 10.3. The Kier molecular flexibility index (Phi) is 2.21. The average Bonchev–Trinajstić information content (AvgIpc) is 2.04. The van der Waals surface area contributed by atoms with E-state index in [1.807, 2.05) is 32.2 Å². The van der Waals surface area contributed by atoms with Crippen LogP contribution >= 0.6 is 0 Å². The van der Waals surface area contributed by atoms with Crippen LogP contribution in [-0.2, 0) is 0 Å². The van der Waals surface area contributed by atoms with Gasteiger partial charge in [-0.1, -0.05) is 18.2 Å². The van der Waals surface area contributed by atoms with Crippen molar-refractivity contribution in [3.8, 4) is 0 Å². The van der Waals surface area contributed by atoms with Crippen LogP contribution in [0, 0.1) is 0 Å². The Morgan fingerprint density at radius 2 is 2.10 bits per heavy atom. The monoisotopic (exact) mass is 133 g/mol. The van der Waals surface area contributed by atoms with Gasteiger partial charge in [0.15, 0.2) is 0 Å². The van der Waals surface area contributed by atoms with Crippen molar-refractivity contribution in [2.45, 2.75) is 13.8 Å². The molecule has 10 heavy (non-hydrogen) atoms. The van der Waals surface area contributed by atoms with Gasteiger partial charge >= 0.3 is 0 Å². The standard InChI is InChI=1S/C9H11N/c1-3-8-6-5-7-10-9(8)4-2/h3-7H,1-2H3/b8-3-,9-4+. The third-order valence-corrected chi connectivity index (χ3v) is 1.46. The normalized spacial score (nSPS) is 14.2. The van der Waals surface area contributed by atoms with E-state index in [0.717, 1.165) is 5.35 Å². The van der Waals surface area contributed by atoms with Gasteiger partial charge < -0.3 is 0 Å². The van der Waals surface area contributed by atoms with Crippen LogP contribution < -0.4 is 10.6 Å². The molecule has 1 heterocycles. The van der Waals surface area contributed by atoms with Crippen molar-refractivity contribution in [2.24, 2.45) is 0 Å². The summed E-state index contributed by atoms with van der Waals surface area (Å²) in [6.45, 7) is 4.01. The van der Waals surface area contributed by atoms with Crippen molar-refractivity contribution >= 4 is 12.2 Å². The van der Waals surface area contributed by atoms with E-state index in [4.69, 9.17) is 0 Å². The third kappa shape index (κ3) is 1.24. The maximum absolute atomic E-state index is 4.18. The van der Waals surface area contributed by atoms with E-state index in [0.29, 0.717) is 0 Å². The highest BCUT2D eigenvalue weighted by Crippen LogP contribution is 1.66. The summed E-state index contributed by atoms with van der Waals surface area (Å²) in [4.78, 5) is 4.18. The smallest absolute Gasteiger partial charge is 0.0656 e. The largest absolute Gasteiger partial charge is 0.257 e. The topological polar surface area (TPSA) is 12.9 Å². The Labute approximate surface area is 60.7 Å². The van der Waals surface area contributed by atoms with E-state index in [2.05, 4.69) is 17.1 Å². The molecule has 0 atom stereocenters. The summed E-state index contributed by atoms with van der Waals surface area (Å²) < 4.78 is 0. The van der Waals surface area contributed by atoms with Crippen LogP contribution in [0.2, 0.25) is 0 Å². The molecule has 0 N–H and O–H groups in total. The molecule has 0 radical (unpaired) electrons. The van der Waals surface area contributed by atoms with Crippen molar-refractivity contribution in [3.05, 3.63) is 28.9 Å². The van der Waals surface area contributed by atoms with Gasteiger partial charge in [-0.15, -0.1) is 0 Å². The molecule has 0 fully saturated rings. The zero-order valence-electron chi connectivity index (χ0n) is 6.33. The SMILES string of the molecule is C/C=c1/cccn/c1=C/C. The Balaban J connectivity index is 3.53. The molecule has 0 unspecified atom stereocenters. The van der Waals surface area contributed by atoms with Crippen molar-refractivity contribution in [1.29, 1.82) is 0 Å². The number of rotatable bonds is 0. The Bertz CT molecular complexity index is 279. The molecule has 1 nitrogen and oxygen atoms in total. The van der Waals surface area contributed by atoms with Crippen LogP contribution in [0.25, 0.3) is 12.2 Å². The number of hydrogen-bond donors (Lipinski definition) is 0.